The number of pyridine rings is 1. The molecule has 4 rings (SSSR count). The second-order valence-corrected chi connectivity index (χ2v) is 6.23. The molecule has 6 heteroatoms. The van der Waals surface area contributed by atoms with E-state index in [9.17, 15) is 4.79 Å². The molecule has 3 heterocycles. The molecule has 3 aromatic heterocycles. The van der Waals surface area contributed by atoms with Crippen molar-refractivity contribution in [2.75, 3.05) is 13.6 Å². The minimum atomic E-state index is 0.0147. The van der Waals surface area contributed by atoms with Crippen LogP contribution >= 0.6 is 0 Å². The van der Waals surface area contributed by atoms with Gasteiger partial charge in [-0.2, -0.15) is 5.10 Å². The first kappa shape index (κ1) is 15.7. The quantitative estimate of drug-likeness (QED) is 0.549. The van der Waals surface area contributed by atoms with Gasteiger partial charge in [-0.3, -0.25) is 9.89 Å². The zero-order valence-electron chi connectivity index (χ0n) is 14.3. The number of nitrogens with one attached hydrogen (secondary N) is 2. The Morgan fingerprint density at radius 1 is 1.28 bits per heavy atom. The van der Waals surface area contributed by atoms with E-state index in [0.29, 0.717) is 11.9 Å². The molecular formula is C19H20N4O2. The van der Waals surface area contributed by atoms with E-state index >= 15 is 0 Å². The lowest BCUT2D eigenvalue weighted by Gasteiger charge is -2.12. The zero-order chi connectivity index (χ0) is 17.4. The second-order valence-electron chi connectivity index (χ2n) is 6.23. The van der Waals surface area contributed by atoms with Crippen molar-refractivity contribution in [3.8, 4) is 11.1 Å². The van der Waals surface area contributed by atoms with Crippen molar-refractivity contribution in [2.45, 2.75) is 19.9 Å². The molecule has 0 aliphatic rings. The Labute approximate surface area is 144 Å². The predicted octanol–water partition coefficient (Wildman–Crippen LogP) is 3.06. The maximum absolute atomic E-state index is 13.0. The van der Waals surface area contributed by atoms with Crippen LogP contribution in [0.1, 0.15) is 12.1 Å². The molecule has 0 saturated heterocycles. The molecule has 1 aromatic carbocycles. The van der Waals surface area contributed by atoms with E-state index in [1.165, 1.54) is 0 Å². The van der Waals surface area contributed by atoms with Gasteiger partial charge in [0.2, 0.25) is 0 Å². The first-order valence-electron chi connectivity index (χ1n) is 8.39. The molecule has 6 nitrogen and oxygen atoms in total. The van der Waals surface area contributed by atoms with Crippen LogP contribution in [-0.2, 0) is 6.54 Å². The van der Waals surface area contributed by atoms with Gasteiger partial charge in [0, 0.05) is 23.2 Å². The van der Waals surface area contributed by atoms with Crippen LogP contribution in [-0.4, -0.2) is 28.4 Å². The molecule has 4 aromatic rings. The molecule has 0 aliphatic carbocycles. The minimum absolute atomic E-state index is 0.0147. The second kappa shape index (κ2) is 6.22. The zero-order valence-corrected chi connectivity index (χ0v) is 14.3. The van der Waals surface area contributed by atoms with Gasteiger partial charge < -0.3 is 14.3 Å². The maximum Gasteiger partial charge on any atom is 0.262 e. The van der Waals surface area contributed by atoms with E-state index in [1.54, 1.807) is 12.5 Å². The van der Waals surface area contributed by atoms with Crippen LogP contribution in [0.15, 0.2) is 46.0 Å². The average Bonchev–Trinajstić information content (AvgIpc) is 3.28. The summed E-state index contributed by atoms with van der Waals surface area (Å²) < 4.78 is 7.05. The number of aromatic amines is 1. The molecule has 0 spiro atoms. The fourth-order valence-corrected chi connectivity index (χ4v) is 3.34. The lowest BCUT2D eigenvalue weighted by molar-refractivity contribution is 0.568. The number of fused-ring (bicyclic) bond motifs is 3. The third kappa shape index (κ3) is 2.55. The van der Waals surface area contributed by atoms with Crippen LogP contribution in [0, 0.1) is 6.92 Å². The number of hydrogen-bond acceptors (Lipinski definition) is 4. The van der Waals surface area contributed by atoms with Crippen molar-refractivity contribution in [2.24, 2.45) is 0 Å². The Hall–Kier alpha value is -2.86. The molecule has 0 radical (unpaired) electrons. The van der Waals surface area contributed by atoms with E-state index in [-0.39, 0.29) is 5.56 Å². The van der Waals surface area contributed by atoms with Gasteiger partial charge in [-0.25, -0.2) is 0 Å². The minimum Gasteiger partial charge on any atom is -0.472 e. The van der Waals surface area contributed by atoms with Crippen LogP contribution in [0.2, 0.25) is 0 Å². The fourth-order valence-electron chi connectivity index (χ4n) is 3.34. The molecule has 0 atom stereocenters. The Balaban J connectivity index is 2.00. The van der Waals surface area contributed by atoms with E-state index in [0.717, 1.165) is 46.2 Å². The van der Waals surface area contributed by atoms with Crippen molar-refractivity contribution in [3.63, 3.8) is 0 Å². The van der Waals surface area contributed by atoms with Gasteiger partial charge in [0.15, 0.2) is 0 Å². The Bertz CT molecular complexity index is 1090. The largest absolute Gasteiger partial charge is 0.472 e. The summed E-state index contributed by atoms with van der Waals surface area (Å²) in [5.74, 6) is 0. The highest BCUT2D eigenvalue weighted by Crippen LogP contribution is 2.28. The van der Waals surface area contributed by atoms with Crippen molar-refractivity contribution < 1.29 is 4.42 Å². The summed E-state index contributed by atoms with van der Waals surface area (Å²) >= 11 is 0. The molecule has 0 unspecified atom stereocenters. The van der Waals surface area contributed by atoms with Crippen molar-refractivity contribution in [1.29, 1.82) is 0 Å². The molecule has 25 heavy (non-hydrogen) atoms. The summed E-state index contributed by atoms with van der Waals surface area (Å²) in [5.41, 5.74) is 4.51. The normalized spacial score (nSPS) is 11.6. The third-order valence-electron chi connectivity index (χ3n) is 4.61. The van der Waals surface area contributed by atoms with Gasteiger partial charge in [-0.05, 0) is 50.7 Å². The molecule has 128 valence electrons. The van der Waals surface area contributed by atoms with Gasteiger partial charge in [0.1, 0.15) is 5.52 Å². The van der Waals surface area contributed by atoms with Crippen LogP contribution in [0.3, 0.4) is 0 Å². The van der Waals surface area contributed by atoms with E-state index in [4.69, 9.17) is 4.42 Å². The number of H-pyrrole nitrogens is 1. The summed E-state index contributed by atoms with van der Waals surface area (Å²) in [4.78, 5) is 13.0. The van der Waals surface area contributed by atoms with Crippen LogP contribution in [0.4, 0.5) is 0 Å². The first-order chi connectivity index (χ1) is 12.2. The van der Waals surface area contributed by atoms with E-state index < -0.39 is 0 Å². The molecule has 0 aliphatic heterocycles. The Kier molecular flexibility index (Phi) is 3.89. The fraction of sp³-hybridized carbons (Fsp3) is 0.263. The summed E-state index contributed by atoms with van der Waals surface area (Å²) in [6, 6.07) is 8.03. The highest BCUT2D eigenvalue weighted by molar-refractivity contribution is 6.05. The number of rotatable bonds is 5. The van der Waals surface area contributed by atoms with Crippen molar-refractivity contribution in [1.82, 2.24) is 20.1 Å². The molecule has 0 bridgehead atoms. The van der Waals surface area contributed by atoms with Gasteiger partial charge in [-0.15, -0.1) is 0 Å². The van der Waals surface area contributed by atoms with Gasteiger partial charge in [-0.1, -0.05) is 6.07 Å². The van der Waals surface area contributed by atoms with Gasteiger partial charge in [0.05, 0.1) is 23.4 Å². The Morgan fingerprint density at radius 3 is 2.92 bits per heavy atom. The number of aryl methyl sites for hydroxylation is 2. The van der Waals surface area contributed by atoms with Gasteiger partial charge >= 0.3 is 0 Å². The number of furan rings is 1. The summed E-state index contributed by atoms with van der Waals surface area (Å²) in [6.07, 6.45) is 4.26. The molecule has 0 amide bonds. The number of nitrogens with zero attached hydrogens (tertiary/aromatic N) is 2. The number of hydrogen-bond donors (Lipinski definition) is 2. The molecule has 0 saturated carbocycles. The van der Waals surface area contributed by atoms with E-state index in [1.807, 2.05) is 36.7 Å². The van der Waals surface area contributed by atoms with E-state index in [2.05, 4.69) is 21.6 Å². The lowest BCUT2D eigenvalue weighted by atomic mass is 10.0. The monoisotopic (exact) mass is 336 g/mol. The molecular weight excluding hydrogens is 316 g/mol. The maximum atomic E-state index is 13.0. The molecule has 0 fully saturated rings. The summed E-state index contributed by atoms with van der Waals surface area (Å²) in [6.45, 7) is 3.42. The van der Waals surface area contributed by atoms with Crippen LogP contribution < -0.4 is 10.9 Å². The highest BCUT2D eigenvalue weighted by atomic mass is 16.3. The standard InChI is InChI=1S/C19H20N4O2/c1-12-17-18(22-21-12)15-10-13(14-6-9-25-11-14)4-5-16(15)23(19(17)24)8-3-7-20-2/h4-6,9-11,20H,3,7-8H2,1-2H3,(H,21,22). The average molecular weight is 336 g/mol. The van der Waals surface area contributed by atoms with Crippen LogP contribution in [0.5, 0.6) is 0 Å². The third-order valence-corrected chi connectivity index (χ3v) is 4.61. The van der Waals surface area contributed by atoms with Crippen LogP contribution in [0.25, 0.3) is 32.9 Å². The number of aromatic nitrogens is 3. The van der Waals surface area contributed by atoms with Crippen molar-refractivity contribution >= 4 is 21.8 Å². The summed E-state index contributed by atoms with van der Waals surface area (Å²) in [5, 5.41) is 12.1. The smallest absolute Gasteiger partial charge is 0.262 e. The SMILES string of the molecule is CNCCCn1c(=O)c2c(C)[nH]nc2c2cc(-c3ccoc3)ccc21. The van der Waals surface area contributed by atoms with Gasteiger partial charge in [0.25, 0.3) is 5.56 Å². The van der Waals surface area contributed by atoms with Crippen molar-refractivity contribution in [3.05, 3.63) is 52.8 Å². The topological polar surface area (TPSA) is 75.8 Å². The first-order valence-corrected chi connectivity index (χ1v) is 8.39. The Morgan fingerprint density at radius 2 is 2.16 bits per heavy atom. The molecule has 2 N–H and O–H groups in total. The highest BCUT2D eigenvalue weighted by Gasteiger charge is 2.16. The lowest BCUT2D eigenvalue weighted by Crippen LogP contribution is -2.23. The summed E-state index contributed by atoms with van der Waals surface area (Å²) in [7, 11) is 1.92. The predicted molar refractivity (Wildman–Crippen MR) is 98.8 cm³/mol. The number of benzene rings is 1.